The highest BCUT2D eigenvalue weighted by Gasteiger charge is 2.50. The summed E-state index contributed by atoms with van der Waals surface area (Å²) in [5, 5.41) is 31.4. The highest BCUT2D eigenvalue weighted by Crippen LogP contribution is 2.59. The molecule has 8 aromatic rings. The van der Waals surface area contributed by atoms with E-state index in [1.165, 1.54) is 57.0 Å². The van der Waals surface area contributed by atoms with Gasteiger partial charge in [-0.15, -0.1) is 0 Å². The van der Waals surface area contributed by atoms with Crippen molar-refractivity contribution in [1.29, 1.82) is 0 Å². The van der Waals surface area contributed by atoms with Gasteiger partial charge in [-0.3, -0.25) is 25.0 Å². The fraction of sp³-hybridized carbons (Fsp3) is 0.324. The molecule has 7 aliphatic rings. The Balaban J connectivity index is 0.472. The number of benzene rings is 8. The van der Waals surface area contributed by atoms with Gasteiger partial charge in [0.15, 0.2) is 0 Å². The maximum absolute atomic E-state index is 13.8. The van der Waals surface area contributed by atoms with Crippen molar-refractivity contribution in [2.24, 2.45) is 17.3 Å². The van der Waals surface area contributed by atoms with Gasteiger partial charge < -0.3 is 58.7 Å². The second-order valence-corrected chi connectivity index (χ2v) is 33.1. The molecule has 0 spiro atoms. The molecule has 1 saturated carbocycles. The van der Waals surface area contributed by atoms with E-state index in [2.05, 4.69) is 173 Å². The van der Waals surface area contributed by atoms with Crippen molar-refractivity contribution in [2.45, 2.75) is 134 Å². The number of amides is 4. The molecule has 7 aliphatic carbocycles. The number of carboxylic acid groups (broad SMARTS) is 1. The van der Waals surface area contributed by atoms with Crippen LogP contribution in [0.15, 0.2) is 276 Å². The molecule has 0 aliphatic heterocycles. The van der Waals surface area contributed by atoms with E-state index in [1.54, 1.807) is 13.8 Å². The number of hydrogen-bond acceptors (Lipinski definition) is 14. The van der Waals surface area contributed by atoms with Gasteiger partial charge in [0.25, 0.3) is 5.91 Å². The maximum atomic E-state index is 13.8. The summed E-state index contributed by atoms with van der Waals surface area (Å²) < 4.78 is 47.3. The van der Waals surface area contributed by atoms with Gasteiger partial charge in [0.1, 0.15) is 67.0 Å². The van der Waals surface area contributed by atoms with E-state index in [1.807, 2.05) is 105 Å². The Bertz CT molecular complexity index is 5420. The number of ether oxygens (including phenoxy) is 8. The molecule has 15 rings (SSSR count). The minimum absolute atomic E-state index is 0.0197. The molecule has 19 nitrogen and oxygen atoms in total. The van der Waals surface area contributed by atoms with Crippen molar-refractivity contribution in [3.8, 4) is 23.0 Å². The summed E-state index contributed by atoms with van der Waals surface area (Å²) in [4.78, 5) is 66.7. The summed E-state index contributed by atoms with van der Waals surface area (Å²) in [5.41, 5.74) is 17.0. The normalized spacial score (nSPS) is 19.1. The third kappa shape index (κ3) is 19.1. The molecule has 8 aromatic carbocycles. The smallest absolute Gasteiger partial charge is 0.411 e. The molecule has 0 radical (unpaired) electrons. The van der Waals surface area contributed by atoms with Crippen LogP contribution in [0.25, 0.3) is 11.1 Å². The van der Waals surface area contributed by atoms with Crippen molar-refractivity contribution in [2.75, 3.05) is 70.1 Å². The van der Waals surface area contributed by atoms with E-state index < -0.39 is 53.2 Å². The molecule has 19 heteroatoms. The predicted molar refractivity (Wildman–Crippen MR) is 468 cm³/mol. The molecule has 121 heavy (non-hydrogen) atoms. The predicted octanol–water partition coefficient (Wildman–Crippen LogP) is 19.2. The Labute approximate surface area is 707 Å². The van der Waals surface area contributed by atoms with E-state index in [9.17, 15) is 34.2 Å². The number of alkyl carbamates (subject to hydrolysis) is 2. The maximum Gasteiger partial charge on any atom is 0.411 e. The molecule has 6 N–H and O–H groups in total. The first-order chi connectivity index (χ1) is 58.8. The molecule has 0 saturated heterocycles. The number of anilines is 2. The lowest BCUT2D eigenvalue weighted by atomic mass is 9.66. The number of carbonyl (C=O) groups is 5. The fourth-order valence-electron chi connectivity index (χ4n) is 17.6. The Morgan fingerprint density at radius 1 is 0.504 bits per heavy atom. The quantitative estimate of drug-likeness (QED) is 0.0200. The van der Waals surface area contributed by atoms with Crippen molar-refractivity contribution < 1.29 is 72.1 Å². The minimum Gasteiger partial charge on any atom is -0.494 e. The first kappa shape index (κ1) is 83.8. The molecule has 624 valence electrons. The lowest BCUT2D eigenvalue weighted by molar-refractivity contribution is -0.153. The topological polar surface area (TPSA) is 248 Å². The minimum atomic E-state index is -1.78. The van der Waals surface area contributed by atoms with Crippen LogP contribution in [-0.4, -0.2) is 111 Å². The van der Waals surface area contributed by atoms with Crippen molar-refractivity contribution in [1.82, 2.24) is 10.6 Å². The van der Waals surface area contributed by atoms with Crippen molar-refractivity contribution >= 4 is 52.5 Å². The van der Waals surface area contributed by atoms with Gasteiger partial charge in [-0.2, -0.15) is 0 Å². The van der Waals surface area contributed by atoms with Gasteiger partial charge in [0, 0.05) is 28.7 Å². The number of aliphatic hydroxyl groups excluding tert-OH is 1. The number of allylic oxidation sites excluding steroid dienone is 15. The summed E-state index contributed by atoms with van der Waals surface area (Å²) >= 11 is 0. The van der Waals surface area contributed by atoms with E-state index in [0.717, 1.165) is 89.0 Å². The third-order valence-corrected chi connectivity index (χ3v) is 23.8. The lowest BCUT2D eigenvalue weighted by Crippen LogP contribution is -2.41. The number of nitrogens with one attached hydrogen (secondary N) is 4. The van der Waals surface area contributed by atoms with Crippen LogP contribution in [0.4, 0.5) is 21.0 Å². The van der Waals surface area contributed by atoms with Crippen molar-refractivity contribution in [3.63, 3.8) is 0 Å². The number of carboxylic acids is 1. The molecule has 1 fully saturated rings. The van der Waals surface area contributed by atoms with Crippen LogP contribution in [0.3, 0.4) is 0 Å². The van der Waals surface area contributed by atoms with Gasteiger partial charge in [-0.05, 0) is 286 Å². The fourth-order valence-corrected chi connectivity index (χ4v) is 17.6. The molecular formula is C102H106N4O15. The Morgan fingerprint density at radius 2 is 1.01 bits per heavy atom. The highest BCUT2D eigenvalue weighted by atomic mass is 16.6. The molecule has 4 amide bonds. The van der Waals surface area contributed by atoms with Gasteiger partial charge in [0.05, 0.1) is 43.4 Å². The van der Waals surface area contributed by atoms with Gasteiger partial charge in [-0.25, -0.2) is 9.59 Å². The Morgan fingerprint density at radius 3 is 1.55 bits per heavy atom. The standard InChI is InChI=1S/C102H106N4O15/c1-67(2)114-54-55-117-83-46-38-75(39-47-83)101(90-30-10-6-26-85(90)86-27-7-11-31-91(86)101)73-34-42-81(43-35-73)115-52-50-72-64-89(72)94(108)103-77-22-14-18-68(60-77)58-70-20-16-24-79(62-70)105-97(112)119-65-100(5,96(110)111)66-120-98(113)106-80-25-17-21-71(63-80)59-69-19-15-23-78(61-69)104-95(109)99(3,4)121-57-56-118-84-48-40-76(41-49-84)102(74-36-44-82(45-37-74)116-53-51-107)92-32-12-8-28-87(92)88-29-9-13-33-93(88)102/h6,8,10-15,18-20,22-23,25-26,28,30-49,60-63,67,72,89,107H,7,9,16-17,21,24,27,29,50-59,64-66H2,1-5H3,(H,103,108)(H,104,109)(H,105,112)(H,106,113)(H,110,111). The lowest BCUT2D eigenvalue weighted by Gasteiger charge is -2.35. The molecule has 0 aromatic heterocycles. The zero-order chi connectivity index (χ0) is 84.1. The van der Waals surface area contributed by atoms with E-state index in [4.69, 9.17) is 37.9 Å². The number of carbonyl (C=O) groups excluding carboxylic acids is 4. The van der Waals surface area contributed by atoms with Crippen LogP contribution in [0.1, 0.15) is 154 Å². The second-order valence-electron chi connectivity index (χ2n) is 33.1. The van der Waals surface area contributed by atoms with Gasteiger partial charge in [0.2, 0.25) is 5.91 Å². The summed E-state index contributed by atoms with van der Waals surface area (Å²) in [6.07, 6.45) is 24.3. The van der Waals surface area contributed by atoms with E-state index >= 15 is 0 Å². The number of fused-ring (bicyclic) bond motifs is 4. The zero-order valence-electron chi connectivity index (χ0n) is 69.4. The average molecular weight is 1630 g/mol. The highest BCUT2D eigenvalue weighted by molar-refractivity contribution is 5.97. The van der Waals surface area contributed by atoms with Crippen molar-refractivity contribution in [3.05, 3.63) is 332 Å². The van der Waals surface area contributed by atoms with E-state index in [0.29, 0.717) is 92.6 Å². The number of rotatable bonds is 36. The summed E-state index contributed by atoms with van der Waals surface area (Å²) in [6.45, 7) is 9.64. The average Bonchev–Trinajstić information content (AvgIpc) is 1.55. The molecule has 0 heterocycles. The second kappa shape index (κ2) is 37.6. The first-order valence-electron chi connectivity index (χ1n) is 42.3. The Kier molecular flexibility index (Phi) is 26.0. The van der Waals surface area contributed by atoms with Crippen LogP contribution < -0.4 is 40.2 Å². The van der Waals surface area contributed by atoms with Crippen LogP contribution in [0.2, 0.25) is 0 Å². The summed E-state index contributed by atoms with van der Waals surface area (Å²) in [7, 11) is 0. The van der Waals surface area contributed by atoms with E-state index in [-0.39, 0.29) is 56.2 Å². The number of aliphatic hydroxyl groups is 1. The first-order valence-corrected chi connectivity index (χ1v) is 42.3. The summed E-state index contributed by atoms with van der Waals surface area (Å²) in [6, 6.07) is 66.2. The van der Waals surface area contributed by atoms with Crippen LogP contribution >= 0.6 is 0 Å². The van der Waals surface area contributed by atoms with Gasteiger partial charge >= 0.3 is 18.2 Å². The third-order valence-electron chi connectivity index (χ3n) is 23.8. The SMILES string of the molecule is CC(C)OCCOc1ccc(C2(c3ccc(OCCC4CC4C(=O)Nc4cccc(CC5=CCCC(NC(=O)OCC(C)(COC(=O)NC6=CCCC(Cc7cccc(NC(=O)C(C)(C)OCCOc8ccc(C9(c%10ccc(OCCO)cc%10)C%10=C(CCC=C%10)c%10ccccc%109)cc8)c7)=C6)C(=O)O)=C5)c4)cc3)C3=C(CCC=C3)c3ccccc32)cc1. The largest absolute Gasteiger partial charge is 0.494 e. The van der Waals surface area contributed by atoms with Crippen LogP contribution in [-0.2, 0) is 57.0 Å². The zero-order valence-corrected chi connectivity index (χ0v) is 69.4. The van der Waals surface area contributed by atoms with Crippen LogP contribution in [0.5, 0.6) is 23.0 Å². The summed E-state index contributed by atoms with van der Waals surface area (Å²) in [5.74, 6) is 1.36. The molecule has 5 unspecified atom stereocenters. The number of hydrogen-bond donors (Lipinski definition) is 6. The van der Waals surface area contributed by atoms with Crippen LogP contribution in [0, 0.1) is 17.3 Å². The molecular weight excluding hydrogens is 1520 g/mol. The molecule has 0 bridgehead atoms. The Hall–Kier alpha value is -12.3. The van der Waals surface area contributed by atoms with Gasteiger partial charge in [-0.1, -0.05) is 163 Å². The monoisotopic (exact) mass is 1630 g/mol. The molecule has 5 atom stereocenters. The number of aliphatic carboxylic acids is 1.